The third-order valence-corrected chi connectivity index (χ3v) is 3.59. The average molecular weight is 233 g/mol. The lowest BCUT2D eigenvalue weighted by molar-refractivity contribution is -0.137. The lowest BCUT2D eigenvalue weighted by Crippen LogP contribution is -2.17. The molecule has 0 spiro atoms. The first-order chi connectivity index (χ1) is 8.18. The van der Waals surface area contributed by atoms with Crippen molar-refractivity contribution in [3.05, 3.63) is 35.4 Å². The van der Waals surface area contributed by atoms with Gasteiger partial charge in [0, 0.05) is 6.04 Å². The fourth-order valence-electron chi connectivity index (χ4n) is 2.76. The summed E-state index contributed by atoms with van der Waals surface area (Å²) in [7, 11) is 0. The van der Waals surface area contributed by atoms with E-state index in [2.05, 4.69) is 6.07 Å². The summed E-state index contributed by atoms with van der Waals surface area (Å²) in [6, 6.07) is 7.65. The number of carboxylic acids is 1. The Morgan fingerprint density at radius 1 is 1.35 bits per heavy atom. The predicted octanol–water partition coefficient (Wildman–Crippen LogP) is 2.82. The summed E-state index contributed by atoms with van der Waals surface area (Å²) < 4.78 is 0. The second kappa shape index (κ2) is 5.32. The van der Waals surface area contributed by atoms with Crippen molar-refractivity contribution >= 4 is 5.97 Å². The minimum Gasteiger partial charge on any atom is -0.481 e. The molecule has 1 atom stereocenters. The van der Waals surface area contributed by atoms with Gasteiger partial charge in [-0.05, 0) is 29.9 Å². The van der Waals surface area contributed by atoms with Gasteiger partial charge >= 0.3 is 5.97 Å². The van der Waals surface area contributed by atoms with Crippen LogP contribution in [0.4, 0.5) is 0 Å². The smallest absolute Gasteiger partial charge is 0.305 e. The molecule has 92 valence electrons. The Balaban J connectivity index is 2.23. The number of hydrogen-bond donors (Lipinski definition) is 2. The van der Waals surface area contributed by atoms with E-state index in [1.54, 1.807) is 0 Å². The highest BCUT2D eigenvalue weighted by atomic mass is 16.4. The second-order valence-corrected chi connectivity index (χ2v) is 4.81. The van der Waals surface area contributed by atoms with Gasteiger partial charge in [-0.15, -0.1) is 0 Å². The van der Waals surface area contributed by atoms with Gasteiger partial charge in [-0.25, -0.2) is 0 Å². The first-order valence-corrected chi connectivity index (χ1v) is 6.24. The number of nitrogens with two attached hydrogens (primary N) is 1. The van der Waals surface area contributed by atoms with Gasteiger partial charge < -0.3 is 10.8 Å². The van der Waals surface area contributed by atoms with Gasteiger partial charge in [0.15, 0.2) is 0 Å². The molecule has 0 heterocycles. The number of carboxylic acid groups (broad SMARTS) is 1. The monoisotopic (exact) mass is 233 g/mol. The van der Waals surface area contributed by atoms with Crippen LogP contribution in [0.5, 0.6) is 0 Å². The molecule has 1 fully saturated rings. The predicted molar refractivity (Wildman–Crippen MR) is 66.8 cm³/mol. The SMILES string of the molecule is NC(CC(=O)O)c1ccccc1C1CCCC1. The third-order valence-electron chi connectivity index (χ3n) is 3.59. The highest BCUT2D eigenvalue weighted by Crippen LogP contribution is 2.37. The van der Waals surface area contributed by atoms with E-state index in [1.165, 1.54) is 31.2 Å². The Kier molecular flexibility index (Phi) is 3.79. The average Bonchev–Trinajstić information content (AvgIpc) is 2.81. The Morgan fingerprint density at radius 2 is 2.00 bits per heavy atom. The maximum atomic E-state index is 10.7. The van der Waals surface area contributed by atoms with Crippen LogP contribution in [0, 0.1) is 0 Å². The molecule has 1 aromatic rings. The summed E-state index contributed by atoms with van der Waals surface area (Å²) in [6.45, 7) is 0. The van der Waals surface area contributed by atoms with E-state index in [4.69, 9.17) is 10.8 Å². The quantitative estimate of drug-likeness (QED) is 0.840. The highest BCUT2D eigenvalue weighted by molar-refractivity contribution is 5.68. The van der Waals surface area contributed by atoms with Crippen LogP contribution in [0.2, 0.25) is 0 Å². The number of hydrogen-bond acceptors (Lipinski definition) is 2. The first kappa shape index (κ1) is 12.1. The molecular weight excluding hydrogens is 214 g/mol. The van der Waals surface area contributed by atoms with Gasteiger partial charge in [0.25, 0.3) is 0 Å². The van der Waals surface area contributed by atoms with Crippen LogP contribution < -0.4 is 5.73 Å². The van der Waals surface area contributed by atoms with Crippen LogP contribution in [0.1, 0.15) is 55.2 Å². The molecule has 0 radical (unpaired) electrons. The molecule has 17 heavy (non-hydrogen) atoms. The van der Waals surface area contributed by atoms with E-state index >= 15 is 0 Å². The summed E-state index contributed by atoms with van der Waals surface area (Å²) in [5.41, 5.74) is 8.26. The van der Waals surface area contributed by atoms with Crippen LogP contribution in [-0.2, 0) is 4.79 Å². The third kappa shape index (κ3) is 2.86. The normalized spacial score (nSPS) is 18.2. The molecule has 1 aromatic carbocycles. The van der Waals surface area contributed by atoms with Crippen LogP contribution in [-0.4, -0.2) is 11.1 Å². The number of carbonyl (C=O) groups is 1. The molecule has 0 amide bonds. The van der Waals surface area contributed by atoms with Gasteiger partial charge in [-0.3, -0.25) is 4.79 Å². The summed E-state index contributed by atoms with van der Waals surface area (Å²) in [5, 5.41) is 8.82. The van der Waals surface area contributed by atoms with E-state index in [-0.39, 0.29) is 12.5 Å². The first-order valence-electron chi connectivity index (χ1n) is 6.24. The van der Waals surface area contributed by atoms with Crippen molar-refractivity contribution < 1.29 is 9.90 Å². The van der Waals surface area contributed by atoms with Crippen molar-refractivity contribution in [1.82, 2.24) is 0 Å². The molecule has 2 rings (SSSR count). The van der Waals surface area contributed by atoms with Crippen molar-refractivity contribution in [2.24, 2.45) is 5.73 Å². The van der Waals surface area contributed by atoms with Gasteiger partial charge in [-0.2, -0.15) is 0 Å². The molecule has 1 aliphatic carbocycles. The summed E-state index contributed by atoms with van der Waals surface area (Å²) >= 11 is 0. The van der Waals surface area contributed by atoms with Crippen molar-refractivity contribution in [2.75, 3.05) is 0 Å². The molecule has 1 saturated carbocycles. The van der Waals surface area contributed by atoms with E-state index < -0.39 is 5.97 Å². The van der Waals surface area contributed by atoms with Gasteiger partial charge in [0.05, 0.1) is 6.42 Å². The largest absolute Gasteiger partial charge is 0.481 e. The Morgan fingerprint density at radius 3 is 2.65 bits per heavy atom. The van der Waals surface area contributed by atoms with Gasteiger partial charge in [0.1, 0.15) is 0 Å². The molecule has 1 aliphatic rings. The molecule has 0 aromatic heterocycles. The minimum atomic E-state index is -0.835. The van der Waals surface area contributed by atoms with Crippen LogP contribution in [0.3, 0.4) is 0 Å². The molecule has 3 N–H and O–H groups in total. The van der Waals surface area contributed by atoms with Crippen molar-refractivity contribution in [2.45, 2.75) is 44.1 Å². The lowest BCUT2D eigenvalue weighted by Gasteiger charge is -2.19. The zero-order chi connectivity index (χ0) is 12.3. The molecule has 0 aliphatic heterocycles. The lowest BCUT2D eigenvalue weighted by atomic mass is 9.89. The topological polar surface area (TPSA) is 63.3 Å². The molecule has 3 nitrogen and oxygen atoms in total. The fraction of sp³-hybridized carbons (Fsp3) is 0.500. The molecule has 0 bridgehead atoms. The summed E-state index contributed by atoms with van der Waals surface area (Å²) in [5.74, 6) is -0.259. The minimum absolute atomic E-state index is 0.00370. The van der Waals surface area contributed by atoms with Crippen LogP contribution >= 0.6 is 0 Å². The van der Waals surface area contributed by atoms with Crippen LogP contribution in [0.15, 0.2) is 24.3 Å². The fourth-order valence-corrected chi connectivity index (χ4v) is 2.76. The maximum Gasteiger partial charge on any atom is 0.305 e. The number of aliphatic carboxylic acids is 1. The molecule has 1 unspecified atom stereocenters. The Hall–Kier alpha value is -1.35. The van der Waals surface area contributed by atoms with E-state index in [0.717, 1.165) is 5.56 Å². The van der Waals surface area contributed by atoms with Crippen LogP contribution in [0.25, 0.3) is 0 Å². The van der Waals surface area contributed by atoms with E-state index in [1.807, 2.05) is 18.2 Å². The molecular formula is C14H19NO2. The molecule has 3 heteroatoms. The number of rotatable bonds is 4. The van der Waals surface area contributed by atoms with Gasteiger partial charge in [0.2, 0.25) is 0 Å². The zero-order valence-corrected chi connectivity index (χ0v) is 9.93. The summed E-state index contributed by atoms with van der Waals surface area (Å²) in [6.07, 6.45) is 4.96. The zero-order valence-electron chi connectivity index (χ0n) is 9.93. The van der Waals surface area contributed by atoms with Gasteiger partial charge in [-0.1, -0.05) is 37.1 Å². The standard InChI is InChI=1S/C14H19NO2/c15-13(9-14(16)17)12-8-4-3-7-11(12)10-5-1-2-6-10/h3-4,7-8,10,13H,1-2,5-6,9,15H2,(H,16,17). The number of benzene rings is 1. The summed E-state index contributed by atoms with van der Waals surface area (Å²) in [4.78, 5) is 10.7. The maximum absolute atomic E-state index is 10.7. The van der Waals surface area contributed by atoms with Crippen molar-refractivity contribution in [3.63, 3.8) is 0 Å². The van der Waals surface area contributed by atoms with Crippen molar-refractivity contribution in [3.8, 4) is 0 Å². The van der Waals surface area contributed by atoms with E-state index in [0.29, 0.717) is 5.92 Å². The highest BCUT2D eigenvalue weighted by Gasteiger charge is 2.22. The Labute approximate surface area is 102 Å². The van der Waals surface area contributed by atoms with Crippen molar-refractivity contribution in [1.29, 1.82) is 0 Å². The second-order valence-electron chi connectivity index (χ2n) is 4.81. The Bertz CT molecular complexity index is 397. The molecule has 0 saturated heterocycles. The van der Waals surface area contributed by atoms with E-state index in [9.17, 15) is 4.79 Å².